The molecule has 2 aromatic rings. The van der Waals surface area contributed by atoms with Crippen LogP contribution in [-0.4, -0.2) is 44.4 Å². The predicted octanol–water partition coefficient (Wildman–Crippen LogP) is 0.578. The lowest BCUT2D eigenvalue weighted by atomic mass is 10.1. The van der Waals surface area contributed by atoms with E-state index in [9.17, 15) is 0 Å². The molecular weight excluding hydrogens is 348 g/mol. The molecule has 2 atom stereocenters. The molecule has 6 heteroatoms. The molecule has 1 aromatic carbocycles. The molecule has 1 saturated heterocycles. The topological polar surface area (TPSA) is 32.9 Å². The van der Waals surface area contributed by atoms with Gasteiger partial charge in [0.2, 0.25) is 0 Å². The summed E-state index contributed by atoms with van der Waals surface area (Å²) in [7, 11) is 2.29. The standard InChI is InChI=1S/C19H26N4S2/c1-15(20-19(24)21-16-7-4-3-5-8-16)18(17-9-6-14-25-17)23-12-10-22(2)11-13-23/h3-9,14-15,18H,10-13H2,1-2H3,(H2,20,21,24)/p+2/t15-,18-/m0/s1. The summed E-state index contributed by atoms with van der Waals surface area (Å²) in [4.78, 5) is 4.74. The van der Waals surface area contributed by atoms with Crippen molar-refractivity contribution >= 4 is 34.4 Å². The maximum Gasteiger partial charge on any atom is 0.171 e. The first-order valence-corrected chi connectivity index (χ1v) is 10.2. The average molecular weight is 377 g/mol. The smallest absolute Gasteiger partial charge is 0.171 e. The fraction of sp³-hybridized carbons (Fsp3) is 0.421. The zero-order valence-electron chi connectivity index (χ0n) is 14.9. The second kappa shape index (κ2) is 8.76. The molecule has 0 spiro atoms. The summed E-state index contributed by atoms with van der Waals surface area (Å²) in [5.41, 5.74) is 1.02. The first-order valence-electron chi connectivity index (χ1n) is 8.95. The van der Waals surface area contributed by atoms with E-state index in [1.165, 1.54) is 31.1 Å². The molecule has 1 fully saturated rings. The summed E-state index contributed by atoms with van der Waals surface area (Å²) in [5.74, 6) is 0. The van der Waals surface area contributed by atoms with Gasteiger partial charge >= 0.3 is 0 Å². The van der Waals surface area contributed by atoms with Crippen LogP contribution in [0.5, 0.6) is 0 Å². The lowest BCUT2D eigenvalue weighted by Crippen LogP contribution is -3.27. The number of anilines is 1. The van der Waals surface area contributed by atoms with Crippen molar-refractivity contribution < 1.29 is 9.80 Å². The molecule has 0 radical (unpaired) electrons. The van der Waals surface area contributed by atoms with Crippen LogP contribution in [0, 0.1) is 0 Å². The zero-order valence-corrected chi connectivity index (χ0v) is 16.6. The van der Waals surface area contributed by atoms with E-state index in [0.29, 0.717) is 11.2 Å². The number of hydrogen-bond donors (Lipinski definition) is 4. The van der Waals surface area contributed by atoms with Crippen LogP contribution in [0.15, 0.2) is 47.8 Å². The molecule has 3 rings (SSSR count). The van der Waals surface area contributed by atoms with Gasteiger partial charge in [-0.2, -0.15) is 0 Å². The van der Waals surface area contributed by atoms with Crippen molar-refractivity contribution in [3.8, 4) is 0 Å². The Morgan fingerprint density at radius 3 is 2.44 bits per heavy atom. The van der Waals surface area contributed by atoms with Crippen molar-refractivity contribution in [1.82, 2.24) is 5.32 Å². The molecule has 0 saturated carbocycles. The number of thiocarbonyl (C=S) groups is 1. The third-order valence-corrected chi connectivity index (χ3v) is 6.10. The van der Waals surface area contributed by atoms with E-state index >= 15 is 0 Å². The van der Waals surface area contributed by atoms with Crippen LogP contribution in [0.1, 0.15) is 17.8 Å². The molecule has 25 heavy (non-hydrogen) atoms. The van der Waals surface area contributed by atoms with Crippen LogP contribution < -0.4 is 20.4 Å². The fourth-order valence-corrected chi connectivity index (χ4v) is 4.85. The monoisotopic (exact) mass is 376 g/mol. The number of benzene rings is 1. The number of rotatable bonds is 5. The number of likely N-dealkylation sites (N-methyl/N-ethyl adjacent to an activating group) is 1. The molecule has 1 aromatic heterocycles. The summed E-state index contributed by atoms with van der Waals surface area (Å²) < 4.78 is 0. The van der Waals surface area contributed by atoms with Crippen molar-refractivity contribution in [2.75, 3.05) is 38.5 Å². The molecule has 1 aliphatic heterocycles. The second-order valence-electron chi connectivity index (χ2n) is 6.86. The van der Waals surface area contributed by atoms with Gasteiger partial charge in [-0.1, -0.05) is 24.3 Å². The van der Waals surface area contributed by atoms with Crippen molar-refractivity contribution in [2.45, 2.75) is 19.0 Å². The van der Waals surface area contributed by atoms with E-state index < -0.39 is 0 Å². The van der Waals surface area contributed by atoms with E-state index in [4.69, 9.17) is 12.2 Å². The fourth-order valence-electron chi connectivity index (χ4n) is 3.56. The van der Waals surface area contributed by atoms with E-state index in [2.05, 4.69) is 42.1 Å². The highest BCUT2D eigenvalue weighted by atomic mass is 32.1. The van der Waals surface area contributed by atoms with Gasteiger partial charge in [0.1, 0.15) is 32.2 Å². The Balaban J connectivity index is 1.66. The number of nitrogens with one attached hydrogen (secondary N) is 4. The van der Waals surface area contributed by atoms with Crippen LogP contribution in [-0.2, 0) is 0 Å². The summed E-state index contributed by atoms with van der Waals surface area (Å²) in [6.07, 6.45) is 0. The zero-order chi connectivity index (χ0) is 17.6. The Hall–Kier alpha value is -1.47. The molecule has 4 N–H and O–H groups in total. The minimum atomic E-state index is 0.274. The molecule has 0 unspecified atom stereocenters. The van der Waals surface area contributed by atoms with Crippen LogP contribution in [0.3, 0.4) is 0 Å². The Labute approximate surface area is 159 Å². The highest BCUT2D eigenvalue weighted by Crippen LogP contribution is 2.20. The van der Waals surface area contributed by atoms with Crippen LogP contribution in [0.2, 0.25) is 0 Å². The van der Waals surface area contributed by atoms with Gasteiger partial charge in [0, 0.05) is 5.69 Å². The van der Waals surface area contributed by atoms with Gasteiger partial charge < -0.3 is 20.4 Å². The van der Waals surface area contributed by atoms with E-state index in [1.54, 1.807) is 9.80 Å². The first kappa shape index (κ1) is 18.3. The highest BCUT2D eigenvalue weighted by molar-refractivity contribution is 7.80. The maximum atomic E-state index is 5.55. The highest BCUT2D eigenvalue weighted by Gasteiger charge is 2.34. The minimum absolute atomic E-state index is 0.274. The van der Waals surface area contributed by atoms with Gasteiger partial charge in [-0.25, -0.2) is 0 Å². The lowest BCUT2D eigenvalue weighted by Gasteiger charge is -2.36. The molecule has 4 nitrogen and oxygen atoms in total. The maximum absolute atomic E-state index is 5.55. The Morgan fingerprint density at radius 2 is 1.80 bits per heavy atom. The van der Waals surface area contributed by atoms with Gasteiger partial charge in [0.05, 0.1) is 18.0 Å². The molecule has 0 aliphatic carbocycles. The van der Waals surface area contributed by atoms with Crippen molar-refractivity contribution in [3.05, 3.63) is 52.7 Å². The number of quaternary nitrogens is 2. The van der Waals surface area contributed by atoms with Gasteiger partial charge in [-0.05, 0) is 42.7 Å². The van der Waals surface area contributed by atoms with Gasteiger partial charge in [-0.3, -0.25) is 0 Å². The van der Waals surface area contributed by atoms with Crippen LogP contribution in [0.25, 0.3) is 0 Å². The second-order valence-corrected chi connectivity index (χ2v) is 8.25. The lowest BCUT2D eigenvalue weighted by molar-refractivity contribution is -1.02. The normalized spacial score (nSPS) is 22.8. The van der Waals surface area contributed by atoms with Crippen molar-refractivity contribution in [3.63, 3.8) is 0 Å². The molecule has 0 amide bonds. The Morgan fingerprint density at radius 1 is 1.08 bits per heavy atom. The van der Waals surface area contributed by atoms with E-state index in [0.717, 1.165) is 5.69 Å². The predicted molar refractivity (Wildman–Crippen MR) is 110 cm³/mol. The molecular formula is C19H28N4S2+2. The summed E-state index contributed by atoms with van der Waals surface area (Å²) in [5, 5.41) is 9.69. The molecule has 2 heterocycles. The van der Waals surface area contributed by atoms with Crippen molar-refractivity contribution in [1.29, 1.82) is 0 Å². The van der Waals surface area contributed by atoms with Gasteiger partial charge in [-0.15, -0.1) is 11.3 Å². The van der Waals surface area contributed by atoms with Crippen LogP contribution in [0.4, 0.5) is 5.69 Å². The number of para-hydroxylation sites is 1. The van der Waals surface area contributed by atoms with Crippen LogP contribution >= 0.6 is 23.6 Å². The molecule has 134 valence electrons. The summed E-state index contributed by atoms with van der Waals surface area (Å²) in [6, 6.07) is 15.2. The largest absolute Gasteiger partial charge is 0.354 e. The number of hydrogen-bond acceptors (Lipinski definition) is 2. The van der Waals surface area contributed by atoms with E-state index in [1.807, 2.05) is 41.7 Å². The summed E-state index contributed by atoms with van der Waals surface area (Å²) >= 11 is 7.40. The number of piperazine rings is 1. The Bertz CT molecular complexity index is 651. The molecule has 0 bridgehead atoms. The summed E-state index contributed by atoms with van der Waals surface area (Å²) in [6.45, 7) is 7.13. The third kappa shape index (κ3) is 5.01. The average Bonchev–Trinajstić information content (AvgIpc) is 3.11. The number of thiophene rings is 1. The first-order chi connectivity index (χ1) is 12.1. The minimum Gasteiger partial charge on any atom is -0.354 e. The van der Waals surface area contributed by atoms with Gasteiger partial charge in [0.25, 0.3) is 0 Å². The Kier molecular flexibility index (Phi) is 6.42. The SMILES string of the molecule is C[C@H](NC(=S)Nc1ccccc1)[C@@H](c1cccs1)[NH+]1CC[NH+](C)CC1. The van der Waals surface area contributed by atoms with E-state index in [-0.39, 0.29) is 6.04 Å². The van der Waals surface area contributed by atoms with Gasteiger partial charge in [0.15, 0.2) is 5.11 Å². The van der Waals surface area contributed by atoms with Crippen molar-refractivity contribution in [2.24, 2.45) is 0 Å². The quantitative estimate of drug-likeness (QED) is 0.576. The molecule has 1 aliphatic rings. The third-order valence-electron chi connectivity index (χ3n) is 4.93.